The molecule has 1 fully saturated rings. The van der Waals surface area contributed by atoms with Crippen LogP contribution >= 0.6 is 12.4 Å². The van der Waals surface area contributed by atoms with Crippen molar-refractivity contribution in [1.29, 1.82) is 0 Å². The van der Waals surface area contributed by atoms with E-state index in [0.717, 1.165) is 19.4 Å². The number of nitrogens with one attached hydrogen (secondary N) is 2. The van der Waals surface area contributed by atoms with Gasteiger partial charge in [0.05, 0.1) is 4.90 Å². The number of piperidine rings is 1. The van der Waals surface area contributed by atoms with Crippen LogP contribution in [-0.2, 0) is 10.0 Å². The number of benzene rings is 1. The van der Waals surface area contributed by atoms with Gasteiger partial charge in [0.25, 0.3) is 0 Å². The molecule has 1 unspecified atom stereocenters. The molecule has 6 nitrogen and oxygen atoms in total. The van der Waals surface area contributed by atoms with Gasteiger partial charge in [-0.05, 0) is 44.0 Å². The molecule has 1 aliphatic rings. The lowest BCUT2D eigenvalue weighted by Gasteiger charge is -2.23. The Bertz CT molecular complexity index is 613. The summed E-state index contributed by atoms with van der Waals surface area (Å²) in [5, 5.41) is 3.15. The summed E-state index contributed by atoms with van der Waals surface area (Å²) >= 11 is 0. The molecule has 1 amide bonds. The smallest absolute Gasteiger partial charge is 0.249 e. The Labute approximate surface area is 130 Å². The largest absolute Gasteiger partial charge is 0.366 e. The lowest BCUT2D eigenvalue weighted by Crippen LogP contribution is -2.45. The predicted molar refractivity (Wildman–Crippen MR) is 83.2 cm³/mol. The standard InChI is InChI=1S/C13H19N3O3S.ClH/c1-9-4-5-11(7-12(9)13(14)17)20(18,19)16-10-3-2-6-15-8-10;/h4-5,7,10,15-16H,2-3,6,8H2,1H3,(H2,14,17);1H. The Morgan fingerprint density at radius 3 is 2.71 bits per heavy atom. The zero-order valence-corrected chi connectivity index (χ0v) is 13.4. The molecule has 1 saturated heterocycles. The van der Waals surface area contributed by atoms with Gasteiger partial charge in [0.1, 0.15) is 0 Å². The fourth-order valence-corrected chi connectivity index (χ4v) is 3.57. The number of sulfonamides is 1. The summed E-state index contributed by atoms with van der Waals surface area (Å²) in [4.78, 5) is 11.4. The molecule has 0 aliphatic carbocycles. The van der Waals surface area contributed by atoms with Gasteiger partial charge in [-0.2, -0.15) is 0 Å². The van der Waals surface area contributed by atoms with Gasteiger partial charge in [0.15, 0.2) is 0 Å². The quantitative estimate of drug-likeness (QED) is 0.748. The summed E-state index contributed by atoms with van der Waals surface area (Å²) in [6.45, 7) is 3.25. The molecule has 1 aromatic carbocycles. The van der Waals surface area contributed by atoms with Crippen molar-refractivity contribution in [3.63, 3.8) is 0 Å². The lowest BCUT2D eigenvalue weighted by atomic mass is 10.1. The Hall–Kier alpha value is -1.15. The molecule has 118 valence electrons. The van der Waals surface area contributed by atoms with E-state index in [1.807, 2.05) is 0 Å². The molecular weight excluding hydrogens is 314 g/mol. The van der Waals surface area contributed by atoms with Crippen LogP contribution in [0.25, 0.3) is 0 Å². The van der Waals surface area contributed by atoms with Gasteiger partial charge in [-0.25, -0.2) is 13.1 Å². The third kappa shape index (κ3) is 4.41. The zero-order chi connectivity index (χ0) is 14.8. The number of hydrogen-bond donors (Lipinski definition) is 3. The van der Waals surface area contributed by atoms with Crippen LogP contribution in [0.5, 0.6) is 0 Å². The molecule has 4 N–H and O–H groups in total. The SMILES string of the molecule is Cc1ccc(S(=O)(=O)NC2CCCNC2)cc1C(N)=O.Cl. The van der Waals surface area contributed by atoms with E-state index in [1.165, 1.54) is 12.1 Å². The zero-order valence-electron chi connectivity index (χ0n) is 11.8. The van der Waals surface area contributed by atoms with E-state index in [2.05, 4.69) is 10.0 Å². The first-order valence-corrected chi connectivity index (χ1v) is 8.02. The van der Waals surface area contributed by atoms with Crippen molar-refractivity contribution in [3.05, 3.63) is 29.3 Å². The number of aryl methyl sites for hydroxylation is 1. The van der Waals surface area contributed by atoms with Crippen molar-refractivity contribution in [2.75, 3.05) is 13.1 Å². The molecule has 1 heterocycles. The summed E-state index contributed by atoms with van der Waals surface area (Å²) < 4.78 is 27.2. The van der Waals surface area contributed by atoms with E-state index in [4.69, 9.17) is 5.73 Å². The van der Waals surface area contributed by atoms with Crippen LogP contribution < -0.4 is 15.8 Å². The Balaban J connectivity index is 0.00000220. The number of nitrogens with two attached hydrogens (primary N) is 1. The molecule has 1 aromatic rings. The first-order valence-electron chi connectivity index (χ1n) is 6.53. The second-order valence-corrected chi connectivity index (χ2v) is 6.72. The highest BCUT2D eigenvalue weighted by molar-refractivity contribution is 7.89. The molecule has 0 saturated carbocycles. The van der Waals surface area contributed by atoms with Gasteiger partial charge in [-0.3, -0.25) is 4.79 Å². The minimum absolute atomic E-state index is 0. The number of primary amides is 1. The maximum Gasteiger partial charge on any atom is 0.249 e. The van der Waals surface area contributed by atoms with Crippen molar-refractivity contribution in [1.82, 2.24) is 10.0 Å². The Morgan fingerprint density at radius 1 is 1.43 bits per heavy atom. The monoisotopic (exact) mass is 333 g/mol. The predicted octanol–water partition coefficient (Wildman–Crippen LogP) is 0.546. The normalized spacial score (nSPS) is 18.8. The molecular formula is C13H20ClN3O3S. The lowest BCUT2D eigenvalue weighted by molar-refractivity contribution is 0.0999. The molecule has 2 rings (SSSR count). The van der Waals surface area contributed by atoms with Crippen molar-refractivity contribution in [2.45, 2.75) is 30.7 Å². The first kappa shape index (κ1) is 17.9. The molecule has 8 heteroatoms. The van der Waals surface area contributed by atoms with E-state index < -0.39 is 15.9 Å². The summed E-state index contributed by atoms with van der Waals surface area (Å²) in [6, 6.07) is 4.29. The maximum atomic E-state index is 12.3. The summed E-state index contributed by atoms with van der Waals surface area (Å²) in [7, 11) is -3.63. The van der Waals surface area contributed by atoms with Crippen LogP contribution in [-0.4, -0.2) is 33.5 Å². The minimum Gasteiger partial charge on any atom is -0.366 e. The third-order valence-corrected chi connectivity index (χ3v) is 4.92. The second kappa shape index (κ2) is 7.22. The van der Waals surface area contributed by atoms with E-state index in [1.54, 1.807) is 13.0 Å². The van der Waals surface area contributed by atoms with E-state index >= 15 is 0 Å². The molecule has 1 aliphatic heterocycles. The molecule has 0 bridgehead atoms. The van der Waals surface area contributed by atoms with Crippen LogP contribution in [0.1, 0.15) is 28.8 Å². The minimum atomic E-state index is -3.63. The number of hydrogen-bond acceptors (Lipinski definition) is 4. The van der Waals surface area contributed by atoms with Gasteiger partial charge >= 0.3 is 0 Å². The molecule has 1 atom stereocenters. The second-order valence-electron chi connectivity index (χ2n) is 5.01. The number of carbonyl (C=O) groups excluding carboxylic acids is 1. The summed E-state index contributed by atoms with van der Waals surface area (Å²) in [5.74, 6) is -0.626. The highest BCUT2D eigenvalue weighted by Crippen LogP contribution is 2.16. The van der Waals surface area contributed by atoms with Crippen LogP contribution in [0.4, 0.5) is 0 Å². The average molecular weight is 334 g/mol. The van der Waals surface area contributed by atoms with Crippen molar-refractivity contribution < 1.29 is 13.2 Å². The van der Waals surface area contributed by atoms with Crippen molar-refractivity contribution in [2.24, 2.45) is 5.73 Å². The average Bonchev–Trinajstić information content (AvgIpc) is 2.39. The summed E-state index contributed by atoms with van der Waals surface area (Å²) in [5.41, 5.74) is 6.14. The Kier molecular flexibility index (Phi) is 6.15. The van der Waals surface area contributed by atoms with Crippen LogP contribution in [0, 0.1) is 6.92 Å². The number of halogens is 1. The van der Waals surface area contributed by atoms with Gasteiger partial charge in [0.2, 0.25) is 15.9 Å². The number of amides is 1. The number of carbonyl (C=O) groups is 1. The van der Waals surface area contributed by atoms with Crippen LogP contribution in [0.15, 0.2) is 23.1 Å². The topological polar surface area (TPSA) is 101 Å². The highest BCUT2D eigenvalue weighted by atomic mass is 35.5. The van der Waals surface area contributed by atoms with Gasteiger partial charge in [-0.1, -0.05) is 6.07 Å². The highest BCUT2D eigenvalue weighted by Gasteiger charge is 2.22. The van der Waals surface area contributed by atoms with Gasteiger partial charge < -0.3 is 11.1 Å². The van der Waals surface area contributed by atoms with Gasteiger partial charge in [0, 0.05) is 18.2 Å². The van der Waals surface area contributed by atoms with Gasteiger partial charge in [-0.15, -0.1) is 12.4 Å². The van der Waals surface area contributed by atoms with E-state index in [9.17, 15) is 13.2 Å². The number of rotatable bonds is 4. The summed E-state index contributed by atoms with van der Waals surface area (Å²) in [6.07, 6.45) is 1.74. The van der Waals surface area contributed by atoms with Crippen LogP contribution in [0.3, 0.4) is 0 Å². The molecule has 21 heavy (non-hydrogen) atoms. The van der Waals surface area contributed by atoms with Crippen molar-refractivity contribution >= 4 is 28.3 Å². The molecule has 0 radical (unpaired) electrons. The van der Waals surface area contributed by atoms with E-state index in [-0.39, 0.29) is 28.9 Å². The fourth-order valence-electron chi connectivity index (χ4n) is 2.27. The van der Waals surface area contributed by atoms with E-state index in [0.29, 0.717) is 12.1 Å². The van der Waals surface area contributed by atoms with Crippen LogP contribution in [0.2, 0.25) is 0 Å². The first-order chi connectivity index (χ1) is 9.40. The fraction of sp³-hybridized carbons (Fsp3) is 0.462. The molecule has 0 aromatic heterocycles. The maximum absolute atomic E-state index is 12.3. The Morgan fingerprint density at radius 2 is 2.14 bits per heavy atom. The third-order valence-electron chi connectivity index (χ3n) is 3.40. The molecule has 0 spiro atoms. The van der Waals surface area contributed by atoms with Crippen molar-refractivity contribution in [3.8, 4) is 0 Å².